The minimum atomic E-state index is -0.488. The van der Waals surface area contributed by atoms with Crippen LogP contribution in [0.3, 0.4) is 0 Å². The Labute approximate surface area is 147 Å². The van der Waals surface area contributed by atoms with Crippen LogP contribution in [-0.2, 0) is 19.7 Å². The highest BCUT2D eigenvalue weighted by atomic mass is 16.6. The number of hydrogen-bond donors (Lipinski definition) is 0. The fourth-order valence-electron chi connectivity index (χ4n) is 2.78. The van der Waals surface area contributed by atoms with Gasteiger partial charge in [-0.2, -0.15) is 0 Å². The first-order chi connectivity index (χ1) is 11.7. The molecule has 2 aromatic carbocycles. The summed E-state index contributed by atoms with van der Waals surface area (Å²) >= 11 is 0. The number of hydrogen-bond acceptors (Lipinski definition) is 5. The summed E-state index contributed by atoms with van der Waals surface area (Å²) in [5.74, 6) is -0.443. The molecule has 25 heavy (non-hydrogen) atoms. The van der Waals surface area contributed by atoms with Crippen molar-refractivity contribution in [2.45, 2.75) is 46.1 Å². The molecule has 1 unspecified atom stereocenters. The first-order valence-electron chi connectivity index (χ1n) is 8.14. The van der Waals surface area contributed by atoms with Crippen molar-refractivity contribution in [2.24, 2.45) is 0 Å². The largest absolute Gasteiger partial charge is 0.422 e. The number of fused-ring (bicyclic) bond motifs is 1. The minimum Gasteiger partial charge on any atom is -0.422 e. The maximum absolute atomic E-state index is 11.7. The first-order valence-corrected chi connectivity index (χ1v) is 8.14. The average molecular weight is 344 g/mol. The molecule has 1 atom stereocenters. The van der Waals surface area contributed by atoms with E-state index in [4.69, 9.17) is 14.2 Å². The summed E-state index contributed by atoms with van der Waals surface area (Å²) in [6, 6.07) is 9.46. The third-order valence-electron chi connectivity index (χ3n) is 4.51. The van der Waals surface area contributed by atoms with E-state index in [9.17, 15) is 9.59 Å². The smallest absolute Gasteiger partial charge is 0.308 e. The number of carbonyl (C=O) groups excluding carboxylic acids is 2. The summed E-state index contributed by atoms with van der Waals surface area (Å²) in [6.07, 6.45) is -0.159. The van der Waals surface area contributed by atoms with E-state index in [0.717, 1.165) is 10.9 Å². The van der Waals surface area contributed by atoms with Crippen LogP contribution in [0.4, 0.5) is 0 Å². The maximum atomic E-state index is 11.7. The molecule has 0 spiro atoms. The van der Waals surface area contributed by atoms with Crippen molar-refractivity contribution in [1.29, 1.82) is 0 Å². The molecule has 0 radical (unpaired) electrons. The summed E-state index contributed by atoms with van der Waals surface area (Å²) in [5.41, 5.74) is 0.255. The van der Waals surface area contributed by atoms with E-state index in [1.165, 1.54) is 13.8 Å². The molecule has 0 bridgehead atoms. The first kappa shape index (κ1) is 18.9. The van der Waals surface area contributed by atoms with Crippen molar-refractivity contribution >= 4 is 22.7 Å². The molecule has 0 N–H and O–H groups in total. The quantitative estimate of drug-likeness (QED) is 0.606. The normalized spacial score (nSPS) is 12.7. The molecule has 0 aliphatic rings. The van der Waals surface area contributed by atoms with Crippen LogP contribution in [0.5, 0.6) is 11.5 Å². The Bertz CT molecular complexity index is 807. The lowest BCUT2D eigenvalue weighted by atomic mass is 9.78. The summed E-state index contributed by atoms with van der Waals surface area (Å²) < 4.78 is 16.5. The standard InChI is InChI=1S/C20H24O5/c1-12(23-6)20(4,5)17-11-15-9-7-8-10-16(15)18(24-13(2)21)19(17)25-14(3)22/h7-12H,1-6H3. The van der Waals surface area contributed by atoms with Gasteiger partial charge in [0.15, 0.2) is 11.5 Å². The topological polar surface area (TPSA) is 61.8 Å². The Balaban J connectivity index is 2.87. The Kier molecular flexibility index (Phi) is 5.48. The van der Waals surface area contributed by atoms with Gasteiger partial charge in [0, 0.05) is 37.3 Å². The highest BCUT2D eigenvalue weighted by Gasteiger charge is 2.34. The van der Waals surface area contributed by atoms with Crippen molar-refractivity contribution < 1.29 is 23.8 Å². The van der Waals surface area contributed by atoms with Gasteiger partial charge in [0.1, 0.15) is 0 Å². The van der Waals surface area contributed by atoms with Crippen molar-refractivity contribution in [1.82, 2.24) is 0 Å². The van der Waals surface area contributed by atoms with Gasteiger partial charge in [-0.1, -0.05) is 38.1 Å². The number of ether oxygens (including phenoxy) is 3. The van der Waals surface area contributed by atoms with Crippen molar-refractivity contribution in [2.75, 3.05) is 7.11 Å². The zero-order valence-corrected chi connectivity index (χ0v) is 15.5. The maximum Gasteiger partial charge on any atom is 0.308 e. The molecule has 0 aromatic heterocycles. The molecule has 2 aromatic rings. The predicted molar refractivity (Wildman–Crippen MR) is 96.1 cm³/mol. The van der Waals surface area contributed by atoms with Gasteiger partial charge in [0.05, 0.1) is 6.10 Å². The van der Waals surface area contributed by atoms with E-state index < -0.39 is 17.4 Å². The monoisotopic (exact) mass is 344 g/mol. The second kappa shape index (κ2) is 7.23. The lowest BCUT2D eigenvalue weighted by molar-refractivity contribution is -0.134. The van der Waals surface area contributed by atoms with Gasteiger partial charge in [0.25, 0.3) is 0 Å². The van der Waals surface area contributed by atoms with Crippen molar-refractivity contribution in [3.8, 4) is 11.5 Å². The molecular weight excluding hydrogens is 320 g/mol. The zero-order chi connectivity index (χ0) is 18.8. The Morgan fingerprint density at radius 3 is 2.12 bits per heavy atom. The van der Waals surface area contributed by atoms with Crippen LogP contribution in [-0.4, -0.2) is 25.2 Å². The molecule has 0 amide bonds. The van der Waals surface area contributed by atoms with Gasteiger partial charge in [-0.05, 0) is 18.4 Å². The van der Waals surface area contributed by atoms with E-state index in [0.29, 0.717) is 5.39 Å². The third-order valence-corrected chi connectivity index (χ3v) is 4.51. The third kappa shape index (κ3) is 3.82. The molecule has 0 saturated carbocycles. The summed E-state index contributed by atoms with van der Waals surface area (Å²) in [4.78, 5) is 23.4. The van der Waals surface area contributed by atoms with Gasteiger partial charge in [-0.3, -0.25) is 9.59 Å². The highest BCUT2D eigenvalue weighted by molar-refractivity contribution is 5.95. The fourth-order valence-corrected chi connectivity index (χ4v) is 2.78. The molecule has 0 aliphatic heterocycles. The van der Waals surface area contributed by atoms with Gasteiger partial charge < -0.3 is 14.2 Å². The Morgan fingerprint density at radius 1 is 1.00 bits per heavy atom. The van der Waals surface area contributed by atoms with E-state index in [2.05, 4.69) is 0 Å². The zero-order valence-electron chi connectivity index (χ0n) is 15.5. The minimum absolute atomic E-state index is 0.159. The molecule has 134 valence electrons. The van der Waals surface area contributed by atoms with E-state index in [-0.39, 0.29) is 17.6 Å². The van der Waals surface area contributed by atoms with Crippen molar-refractivity contribution in [3.63, 3.8) is 0 Å². The number of rotatable bonds is 5. The SMILES string of the molecule is COC(C)C(C)(C)c1cc2ccccc2c(OC(C)=O)c1OC(C)=O. The number of esters is 2. The van der Waals surface area contributed by atoms with E-state index in [1.54, 1.807) is 7.11 Å². The highest BCUT2D eigenvalue weighted by Crippen LogP contribution is 2.45. The fraction of sp³-hybridized carbons (Fsp3) is 0.400. The van der Waals surface area contributed by atoms with Gasteiger partial charge in [0.2, 0.25) is 0 Å². The summed E-state index contributed by atoms with van der Waals surface area (Å²) in [5, 5.41) is 1.60. The van der Waals surface area contributed by atoms with Gasteiger partial charge in [-0.15, -0.1) is 0 Å². The van der Waals surface area contributed by atoms with Gasteiger partial charge in [-0.25, -0.2) is 0 Å². The van der Waals surface area contributed by atoms with Crippen LogP contribution >= 0.6 is 0 Å². The van der Waals surface area contributed by atoms with E-state index in [1.807, 2.05) is 51.1 Å². The Hall–Kier alpha value is -2.40. The lowest BCUT2D eigenvalue weighted by Gasteiger charge is -2.33. The molecular formula is C20H24O5. The predicted octanol–water partition coefficient (Wildman–Crippen LogP) is 4.00. The van der Waals surface area contributed by atoms with Crippen LogP contribution in [0, 0.1) is 0 Å². The Morgan fingerprint density at radius 2 is 1.56 bits per heavy atom. The molecule has 0 heterocycles. The average Bonchev–Trinajstić information content (AvgIpc) is 2.54. The lowest BCUT2D eigenvalue weighted by Crippen LogP contribution is -2.33. The summed E-state index contributed by atoms with van der Waals surface area (Å²) in [7, 11) is 1.63. The van der Waals surface area contributed by atoms with E-state index >= 15 is 0 Å². The number of carbonyl (C=O) groups is 2. The van der Waals surface area contributed by atoms with Crippen LogP contribution in [0.15, 0.2) is 30.3 Å². The van der Waals surface area contributed by atoms with Crippen molar-refractivity contribution in [3.05, 3.63) is 35.9 Å². The number of benzene rings is 2. The van der Waals surface area contributed by atoms with Crippen LogP contribution in [0.25, 0.3) is 10.8 Å². The van der Waals surface area contributed by atoms with Crippen LogP contribution in [0.2, 0.25) is 0 Å². The second-order valence-electron chi connectivity index (χ2n) is 6.59. The van der Waals surface area contributed by atoms with Crippen LogP contribution in [0.1, 0.15) is 40.2 Å². The number of methoxy groups -OCH3 is 1. The molecule has 0 aliphatic carbocycles. The molecule has 2 rings (SSSR count). The molecule has 0 saturated heterocycles. The van der Waals surface area contributed by atoms with Crippen LogP contribution < -0.4 is 9.47 Å². The molecule has 5 nitrogen and oxygen atoms in total. The summed E-state index contributed by atoms with van der Waals surface area (Å²) in [6.45, 7) is 8.58. The molecule has 0 fully saturated rings. The molecule has 5 heteroatoms. The second-order valence-corrected chi connectivity index (χ2v) is 6.59. The van der Waals surface area contributed by atoms with Gasteiger partial charge >= 0.3 is 11.9 Å².